The van der Waals surface area contributed by atoms with Crippen molar-refractivity contribution in [3.63, 3.8) is 0 Å². The van der Waals surface area contributed by atoms with E-state index < -0.39 is 29.4 Å². The van der Waals surface area contributed by atoms with Crippen LogP contribution >= 0.6 is 0 Å². The van der Waals surface area contributed by atoms with Crippen LogP contribution in [-0.2, 0) is 20.9 Å². The Bertz CT molecular complexity index is 1490. The fourth-order valence-electron chi connectivity index (χ4n) is 3.73. The average Bonchev–Trinajstić information content (AvgIpc) is 3.34. The molecule has 2 N–H and O–H groups in total. The van der Waals surface area contributed by atoms with Crippen LogP contribution in [0, 0.1) is 11.7 Å². The highest BCUT2D eigenvalue weighted by atomic mass is 19.1. The third-order valence-corrected chi connectivity index (χ3v) is 5.84. The number of halogens is 1. The summed E-state index contributed by atoms with van der Waals surface area (Å²) in [6, 6.07) is 3.54. The first-order chi connectivity index (χ1) is 19.5. The van der Waals surface area contributed by atoms with Gasteiger partial charge in [0.05, 0.1) is 24.9 Å². The number of hydrogen-bond acceptors (Lipinski definition) is 8. The average molecular weight is 570 g/mol. The van der Waals surface area contributed by atoms with Gasteiger partial charge in [-0.05, 0) is 50.1 Å². The second-order valence-corrected chi connectivity index (χ2v) is 9.87. The van der Waals surface area contributed by atoms with E-state index in [4.69, 9.17) is 4.74 Å². The van der Waals surface area contributed by atoms with Gasteiger partial charge >= 0.3 is 0 Å². The second-order valence-electron chi connectivity index (χ2n) is 9.87. The summed E-state index contributed by atoms with van der Waals surface area (Å²) in [4.78, 5) is 50.2. The van der Waals surface area contributed by atoms with Crippen LogP contribution in [0.2, 0.25) is 0 Å². The molecule has 13 heteroatoms. The Morgan fingerprint density at radius 1 is 1.34 bits per heavy atom. The van der Waals surface area contributed by atoms with Gasteiger partial charge in [0.15, 0.2) is 11.6 Å². The molecule has 0 saturated heterocycles. The number of aromatic amines is 1. The van der Waals surface area contributed by atoms with Crippen LogP contribution in [-0.4, -0.2) is 71.2 Å². The molecular weight excluding hydrogens is 535 g/mol. The van der Waals surface area contributed by atoms with Crippen molar-refractivity contribution in [2.45, 2.75) is 39.3 Å². The lowest BCUT2D eigenvalue weighted by Crippen LogP contribution is -2.33. The molecule has 220 valence electrons. The Kier molecular flexibility index (Phi) is 10.6. The first-order valence-corrected chi connectivity index (χ1v) is 13.0. The fraction of sp³-hybridized carbons (Fsp3) is 0.393. The number of allylic oxidation sites excluding steroid dienone is 1. The van der Waals surface area contributed by atoms with Crippen LogP contribution < -0.4 is 20.7 Å². The van der Waals surface area contributed by atoms with E-state index in [0.29, 0.717) is 23.3 Å². The van der Waals surface area contributed by atoms with Crippen molar-refractivity contribution in [1.29, 1.82) is 0 Å². The number of anilines is 1. The van der Waals surface area contributed by atoms with Crippen LogP contribution in [0.3, 0.4) is 0 Å². The van der Waals surface area contributed by atoms with Gasteiger partial charge in [-0.1, -0.05) is 19.9 Å². The highest BCUT2D eigenvalue weighted by molar-refractivity contribution is 5.95. The molecule has 2 amide bonds. The van der Waals surface area contributed by atoms with E-state index in [1.165, 1.54) is 27.8 Å². The molecule has 3 aromatic rings. The number of amides is 2. The third-order valence-electron chi connectivity index (χ3n) is 5.84. The van der Waals surface area contributed by atoms with Gasteiger partial charge in [0.2, 0.25) is 11.8 Å². The Hall–Kier alpha value is -4.68. The number of aromatic nitrogens is 3. The lowest BCUT2D eigenvalue weighted by Gasteiger charge is -2.16. The topological polar surface area (TPSA) is 154 Å². The van der Waals surface area contributed by atoms with E-state index in [0.717, 1.165) is 13.3 Å². The number of methoxy groups -OCH3 is 1. The minimum absolute atomic E-state index is 0.0258. The standard InChI is InChI=1S/C28H35FN6O6/c1-17(2)16-41-25-19(29)14-30-22-13-18(31-24(22)25)15-35-12-8-10-21(27(35)38)32-26(37)20(33-28(39)40-5)9-6-7-11-23(36)34(3)4/h7-8,10-14,17,20,31H,6,9,15-16H2,1-5H3,(H,32,37)(H,33,39)/p-1/b11-7+. The molecule has 12 nitrogen and oxygen atoms in total. The number of likely N-dealkylation sites (N-methyl/N-ethyl adjacent to an activating group) is 1. The van der Waals surface area contributed by atoms with Gasteiger partial charge in [0.25, 0.3) is 5.56 Å². The van der Waals surface area contributed by atoms with Crippen molar-refractivity contribution in [3.05, 3.63) is 64.6 Å². The molecular formula is C28H34FN6O6-. The maximum absolute atomic E-state index is 14.4. The van der Waals surface area contributed by atoms with Crippen LogP contribution in [0.25, 0.3) is 11.0 Å². The molecule has 0 fully saturated rings. The molecule has 0 aliphatic heterocycles. The van der Waals surface area contributed by atoms with Crippen molar-refractivity contribution in [2.75, 3.05) is 33.1 Å². The predicted molar refractivity (Wildman–Crippen MR) is 150 cm³/mol. The van der Waals surface area contributed by atoms with Crippen molar-refractivity contribution < 1.29 is 28.6 Å². The smallest absolute Gasteiger partial charge is 0.274 e. The molecule has 0 radical (unpaired) electrons. The van der Waals surface area contributed by atoms with E-state index in [-0.39, 0.29) is 42.6 Å². The summed E-state index contributed by atoms with van der Waals surface area (Å²) in [6.45, 7) is 4.29. The summed E-state index contributed by atoms with van der Waals surface area (Å²) < 4.78 is 26.0. The number of pyridine rings is 2. The zero-order valence-corrected chi connectivity index (χ0v) is 23.6. The van der Waals surface area contributed by atoms with Gasteiger partial charge < -0.3 is 34.3 Å². The molecule has 1 unspecified atom stereocenters. The molecule has 0 spiro atoms. The maximum atomic E-state index is 14.4. The molecule has 1 atom stereocenters. The molecule has 0 aromatic carbocycles. The summed E-state index contributed by atoms with van der Waals surface area (Å²) >= 11 is 0. The van der Waals surface area contributed by atoms with Gasteiger partial charge in [-0.15, -0.1) is 0 Å². The number of rotatable bonds is 12. The molecule has 41 heavy (non-hydrogen) atoms. The van der Waals surface area contributed by atoms with Gasteiger partial charge in [-0.2, -0.15) is 0 Å². The zero-order valence-electron chi connectivity index (χ0n) is 23.6. The molecule has 0 bridgehead atoms. The Balaban J connectivity index is 1.79. The Labute approximate surface area is 236 Å². The van der Waals surface area contributed by atoms with E-state index >= 15 is 0 Å². The van der Waals surface area contributed by atoms with E-state index in [1.807, 2.05) is 13.8 Å². The molecule has 0 saturated carbocycles. The van der Waals surface area contributed by atoms with E-state index in [2.05, 4.69) is 25.0 Å². The van der Waals surface area contributed by atoms with Gasteiger partial charge in [0, 0.05) is 26.0 Å². The normalized spacial score (nSPS) is 12.6. The quantitative estimate of drug-likeness (QED) is 0.192. The van der Waals surface area contributed by atoms with Crippen LogP contribution in [0.5, 0.6) is 5.75 Å². The SMILES string of the molecule is COC([O-])=NC(CC/C=C/C(=O)N(C)C)C(=O)Nc1cccn(Cc2cc3ncc(F)c(OCC(C)C)c3[nH]2)c1=O. The number of carbonyl (C=O) groups excluding carboxylic acids is 2. The fourth-order valence-corrected chi connectivity index (χ4v) is 3.73. The molecule has 0 aliphatic rings. The van der Waals surface area contributed by atoms with E-state index in [9.17, 15) is 23.9 Å². The predicted octanol–water partition coefficient (Wildman–Crippen LogP) is 2.04. The molecule has 3 rings (SSSR count). The number of carbonyl (C=O) groups is 2. The molecule has 0 aliphatic carbocycles. The van der Waals surface area contributed by atoms with Crippen LogP contribution in [0.15, 0.2) is 52.5 Å². The molecule has 3 aromatic heterocycles. The summed E-state index contributed by atoms with van der Waals surface area (Å²) in [5, 5.41) is 14.3. The first kappa shape index (κ1) is 30.9. The summed E-state index contributed by atoms with van der Waals surface area (Å²) in [5.74, 6) is -1.26. The summed E-state index contributed by atoms with van der Waals surface area (Å²) in [7, 11) is 4.35. The van der Waals surface area contributed by atoms with E-state index in [1.54, 1.807) is 32.3 Å². The maximum Gasteiger partial charge on any atom is 0.274 e. The highest BCUT2D eigenvalue weighted by Gasteiger charge is 2.19. The number of nitrogens with zero attached hydrogens (tertiary/aromatic N) is 4. The summed E-state index contributed by atoms with van der Waals surface area (Å²) in [6.07, 6.45) is 4.99. The van der Waals surface area contributed by atoms with Crippen LogP contribution in [0.1, 0.15) is 32.4 Å². The monoisotopic (exact) mass is 569 g/mol. The number of fused-ring (bicyclic) bond motifs is 1. The lowest BCUT2D eigenvalue weighted by atomic mass is 10.1. The van der Waals surface area contributed by atoms with Crippen molar-refractivity contribution in [3.8, 4) is 5.75 Å². The van der Waals surface area contributed by atoms with Crippen LogP contribution in [0.4, 0.5) is 10.1 Å². The second kappa shape index (κ2) is 14.1. The van der Waals surface area contributed by atoms with Crippen molar-refractivity contribution in [2.24, 2.45) is 10.9 Å². The van der Waals surface area contributed by atoms with Crippen molar-refractivity contribution in [1.82, 2.24) is 19.4 Å². The minimum atomic E-state index is -1.16. The first-order valence-electron chi connectivity index (χ1n) is 13.0. The minimum Gasteiger partial charge on any atom is -0.604 e. The Morgan fingerprint density at radius 2 is 2.10 bits per heavy atom. The largest absolute Gasteiger partial charge is 0.604 e. The number of ether oxygens (including phenoxy) is 2. The zero-order chi connectivity index (χ0) is 30.1. The van der Waals surface area contributed by atoms with Gasteiger partial charge in [-0.3, -0.25) is 24.4 Å². The number of aliphatic imine (C=N–C) groups is 1. The number of H-pyrrole nitrogens is 1. The Morgan fingerprint density at radius 3 is 2.78 bits per heavy atom. The third kappa shape index (κ3) is 8.40. The highest BCUT2D eigenvalue weighted by Crippen LogP contribution is 2.28. The van der Waals surface area contributed by atoms with Crippen molar-refractivity contribution >= 4 is 34.6 Å². The molecule has 3 heterocycles. The van der Waals surface area contributed by atoms with Gasteiger partial charge in [0.1, 0.15) is 23.3 Å². The van der Waals surface area contributed by atoms with Gasteiger partial charge in [-0.25, -0.2) is 4.39 Å². The number of hydrogen-bond donors (Lipinski definition) is 2. The lowest BCUT2D eigenvalue weighted by molar-refractivity contribution is -0.248. The number of nitrogens with one attached hydrogen (secondary N) is 2. The summed E-state index contributed by atoms with van der Waals surface area (Å²) in [5.41, 5.74) is 0.888.